The molecule has 2 aromatic carbocycles. The number of rotatable bonds is 16. The standard InChI is InChI=1S/C28H42O11Si4/c1-11-33-27(31)25(29)21-13-17-23(18-14-21)35-42(9,37-40(3,4)5)39-43(10,38-41(6,7)8)36-24-19-15-22(16-20-24)26(30)28(32)34-12-2/h13-20H,11-12H2,1-10H3. The maximum Gasteiger partial charge on any atom is 0.545 e. The van der Waals surface area contributed by atoms with E-state index in [0.717, 1.165) is 0 Å². The molecule has 15 heteroatoms. The number of ether oxygens (including phenoxy) is 2. The fourth-order valence-electron chi connectivity index (χ4n) is 3.98. The molecular weight excluding hydrogens is 625 g/mol. The van der Waals surface area contributed by atoms with Crippen LogP contribution in [0.3, 0.4) is 0 Å². The van der Waals surface area contributed by atoms with Crippen molar-refractivity contribution in [3.63, 3.8) is 0 Å². The van der Waals surface area contributed by atoms with Gasteiger partial charge in [-0.3, -0.25) is 9.59 Å². The van der Waals surface area contributed by atoms with Crippen LogP contribution in [-0.2, 0) is 31.4 Å². The highest BCUT2D eigenvalue weighted by Gasteiger charge is 2.54. The Balaban J connectivity index is 2.39. The quantitative estimate of drug-likeness (QED) is 0.0974. The van der Waals surface area contributed by atoms with Crippen molar-refractivity contribution in [2.45, 2.75) is 66.2 Å². The van der Waals surface area contributed by atoms with Gasteiger partial charge < -0.3 is 30.7 Å². The van der Waals surface area contributed by atoms with Crippen LogP contribution in [0.5, 0.6) is 11.5 Å². The Morgan fingerprint density at radius 1 is 0.512 bits per heavy atom. The van der Waals surface area contributed by atoms with E-state index in [1.165, 1.54) is 24.3 Å². The monoisotopic (exact) mass is 666 g/mol. The van der Waals surface area contributed by atoms with Crippen molar-refractivity contribution in [3.05, 3.63) is 59.7 Å². The fraction of sp³-hybridized carbons (Fsp3) is 0.429. The van der Waals surface area contributed by atoms with Gasteiger partial charge in [0.25, 0.3) is 11.6 Å². The Hall–Kier alpha value is -2.93. The minimum atomic E-state index is -3.54. The largest absolute Gasteiger partial charge is 0.545 e. The van der Waals surface area contributed by atoms with Crippen LogP contribution < -0.4 is 8.85 Å². The van der Waals surface area contributed by atoms with E-state index in [4.69, 9.17) is 30.7 Å². The van der Waals surface area contributed by atoms with Gasteiger partial charge in [0.1, 0.15) is 11.5 Å². The zero-order valence-electron chi connectivity index (χ0n) is 26.5. The summed E-state index contributed by atoms with van der Waals surface area (Å²) in [5, 5.41) is 0. The van der Waals surface area contributed by atoms with Gasteiger partial charge in [0, 0.05) is 24.2 Å². The molecule has 11 nitrogen and oxygen atoms in total. The fourth-order valence-corrected chi connectivity index (χ4v) is 18.5. The van der Waals surface area contributed by atoms with E-state index in [0.29, 0.717) is 11.5 Å². The van der Waals surface area contributed by atoms with Crippen molar-refractivity contribution < 1.29 is 49.8 Å². The van der Waals surface area contributed by atoms with Crippen molar-refractivity contribution in [1.82, 2.24) is 0 Å². The third-order valence-corrected chi connectivity index (χ3v) is 17.2. The van der Waals surface area contributed by atoms with Crippen molar-refractivity contribution in [1.29, 1.82) is 0 Å². The van der Waals surface area contributed by atoms with E-state index in [-0.39, 0.29) is 24.3 Å². The van der Waals surface area contributed by atoms with Crippen LogP contribution in [0.4, 0.5) is 0 Å². The molecule has 2 unspecified atom stereocenters. The summed E-state index contributed by atoms with van der Waals surface area (Å²) in [6.45, 7) is 19.0. The number of hydrogen-bond acceptors (Lipinski definition) is 11. The van der Waals surface area contributed by atoms with Gasteiger partial charge in [0.2, 0.25) is 0 Å². The predicted molar refractivity (Wildman–Crippen MR) is 169 cm³/mol. The van der Waals surface area contributed by atoms with Gasteiger partial charge in [-0.2, -0.15) is 0 Å². The second kappa shape index (κ2) is 14.7. The third kappa shape index (κ3) is 11.9. The van der Waals surface area contributed by atoms with Crippen LogP contribution >= 0.6 is 0 Å². The maximum absolute atomic E-state index is 12.3. The van der Waals surface area contributed by atoms with Crippen LogP contribution in [0, 0.1) is 0 Å². The molecule has 2 rings (SSSR count). The highest BCUT2D eigenvalue weighted by Crippen LogP contribution is 2.29. The average Bonchev–Trinajstić information content (AvgIpc) is 2.86. The van der Waals surface area contributed by atoms with E-state index >= 15 is 0 Å². The van der Waals surface area contributed by atoms with Crippen molar-refractivity contribution in [3.8, 4) is 11.5 Å². The lowest BCUT2D eigenvalue weighted by Gasteiger charge is -2.40. The average molecular weight is 667 g/mol. The Labute approximate surface area is 257 Å². The first kappa shape index (κ1) is 36.3. The summed E-state index contributed by atoms with van der Waals surface area (Å²) in [5.74, 6) is -2.62. The highest BCUT2D eigenvalue weighted by atomic mass is 28.5. The van der Waals surface area contributed by atoms with Crippen LogP contribution in [0.15, 0.2) is 48.5 Å². The summed E-state index contributed by atoms with van der Waals surface area (Å²) >= 11 is 0. The second-order valence-corrected chi connectivity index (χ2v) is 26.4. The van der Waals surface area contributed by atoms with Crippen LogP contribution in [-0.4, -0.2) is 71.0 Å². The van der Waals surface area contributed by atoms with Crippen molar-refractivity contribution in [2.24, 2.45) is 0 Å². The molecule has 2 atom stereocenters. The molecule has 0 saturated heterocycles. The molecular formula is C28H42O11Si4. The van der Waals surface area contributed by atoms with Gasteiger partial charge in [0.15, 0.2) is 16.6 Å². The van der Waals surface area contributed by atoms with E-state index in [1.54, 1.807) is 51.2 Å². The smallest absolute Gasteiger partial charge is 0.502 e. The molecule has 0 heterocycles. The third-order valence-electron chi connectivity index (χ3n) is 5.12. The summed E-state index contributed by atoms with van der Waals surface area (Å²) < 4.78 is 42.0. The number of carbonyl (C=O) groups excluding carboxylic acids is 4. The topological polar surface area (TPSA) is 133 Å². The zero-order chi connectivity index (χ0) is 32.6. The highest BCUT2D eigenvalue weighted by molar-refractivity contribution is 6.86. The van der Waals surface area contributed by atoms with Gasteiger partial charge in [0.05, 0.1) is 13.2 Å². The second-order valence-electron chi connectivity index (χ2n) is 11.6. The van der Waals surface area contributed by atoms with Crippen molar-refractivity contribution >= 4 is 57.7 Å². The minimum absolute atomic E-state index is 0.0984. The Bertz CT molecular complexity index is 1190. The molecule has 0 amide bonds. The number of carbonyl (C=O) groups is 4. The van der Waals surface area contributed by atoms with Gasteiger partial charge in [-0.25, -0.2) is 9.59 Å². The number of hydrogen-bond donors (Lipinski definition) is 0. The number of benzene rings is 2. The molecule has 0 N–H and O–H groups in total. The molecule has 0 spiro atoms. The molecule has 0 radical (unpaired) electrons. The molecule has 2 aromatic rings. The lowest BCUT2D eigenvalue weighted by Crippen LogP contribution is -2.63. The van der Waals surface area contributed by atoms with E-state index in [9.17, 15) is 19.2 Å². The van der Waals surface area contributed by atoms with Crippen LogP contribution in [0.1, 0.15) is 34.6 Å². The SMILES string of the molecule is CCOC(=O)C(=O)c1ccc(O[Si](C)(O[Si](C)(C)C)O[Si](C)(Oc2ccc(C(=O)C(=O)OCC)cc2)O[Si](C)(C)C)cc1. The lowest BCUT2D eigenvalue weighted by atomic mass is 10.1. The molecule has 0 aliphatic heterocycles. The predicted octanol–water partition coefficient (Wildman–Crippen LogP) is 5.49. The first-order valence-corrected chi connectivity index (χ1v) is 25.2. The number of esters is 2. The maximum atomic E-state index is 12.3. The molecule has 0 saturated carbocycles. The molecule has 0 bridgehead atoms. The van der Waals surface area contributed by atoms with Crippen LogP contribution in [0.25, 0.3) is 0 Å². The molecule has 0 aliphatic carbocycles. The molecule has 0 aromatic heterocycles. The van der Waals surface area contributed by atoms with Gasteiger partial charge in [-0.1, -0.05) is 0 Å². The normalized spacial score (nSPS) is 14.6. The molecule has 236 valence electrons. The first-order chi connectivity index (χ1) is 19.8. The summed E-state index contributed by atoms with van der Waals surface area (Å²) in [4.78, 5) is 48.3. The number of ketones is 2. The van der Waals surface area contributed by atoms with Gasteiger partial charge in [-0.15, -0.1) is 0 Å². The van der Waals surface area contributed by atoms with Gasteiger partial charge >= 0.3 is 29.5 Å². The summed E-state index contributed by atoms with van der Waals surface area (Å²) in [6, 6.07) is 12.2. The van der Waals surface area contributed by atoms with E-state index < -0.39 is 57.7 Å². The summed E-state index contributed by atoms with van der Waals surface area (Å²) in [6.07, 6.45) is 0. The summed E-state index contributed by atoms with van der Waals surface area (Å²) in [7, 11) is -11.6. The molecule has 0 fully saturated rings. The van der Waals surface area contributed by atoms with Crippen LogP contribution in [0.2, 0.25) is 52.4 Å². The summed E-state index contributed by atoms with van der Waals surface area (Å²) in [5.41, 5.74) is 0.325. The minimum Gasteiger partial charge on any atom is -0.502 e. The Morgan fingerprint density at radius 2 is 0.814 bits per heavy atom. The Kier molecular flexibility index (Phi) is 12.4. The lowest BCUT2D eigenvalue weighted by molar-refractivity contribution is -0.138. The first-order valence-electron chi connectivity index (χ1n) is 13.9. The van der Waals surface area contributed by atoms with Crippen molar-refractivity contribution in [2.75, 3.05) is 13.2 Å². The molecule has 0 aliphatic rings. The van der Waals surface area contributed by atoms with E-state index in [1.807, 2.05) is 39.3 Å². The van der Waals surface area contributed by atoms with E-state index in [2.05, 4.69) is 0 Å². The molecule has 43 heavy (non-hydrogen) atoms. The number of Topliss-reactive ketones (excluding diaryl/α,β-unsaturated/α-hetero) is 2. The zero-order valence-corrected chi connectivity index (χ0v) is 30.5. The van der Waals surface area contributed by atoms with Gasteiger partial charge in [-0.05, 0) is 102 Å². The Morgan fingerprint density at radius 3 is 1.07 bits per heavy atom.